The molecule has 2 heteroatoms. The minimum atomic E-state index is 0.967. The summed E-state index contributed by atoms with van der Waals surface area (Å²) in [7, 11) is 0. The third-order valence-corrected chi connectivity index (χ3v) is 3.63. The Balaban J connectivity index is 2.16. The highest BCUT2D eigenvalue weighted by atomic mass is 79.9. The third kappa shape index (κ3) is 1.27. The van der Waals surface area contributed by atoms with E-state index in [9.17, 15) is 0 Å². The summed E-state index contributed by atoms with van der Waals surface area (Å²) in [5, 5.41) is 2.40. The molecule has 0 radical (unpaired) electrons. The number of alkyl halides is 2. The second-order valence-electron chi connectivity index (χ2n) is 2.41. The van der Waals surface area contributed by atoms with E-state index in [1.54, 1.807) is 0 Å². The quantitative estimate of drug-likeness (QED) is 0.653. The molecule has 1 aliphatic carbocycles. The van der Waals surface area contributed by atoms with Crippen molar-refractivity contribution in [1.29, 1.82) is 0 Å². The first-order chi connectivity index (χ1) is 3.88. The molecule has 0 unspecified atom stereocenters. The van der Waals surface area contributed by atoms with Gasteiger partial charge in [-0.3, -0.25) is 0 Å². The van der Waals surface area contributed by atoms with Crippen molar-refractivity contribution in [3.63, 3.8) is 0 Å². The maximum absolute atomic E-state index is 3.49. The molecule has 0 nitrogen and oxygen atoms in total. The van der Waals surface area contributed by atoms with Crippen LogP contribution < -0.4 is 0 Å². The smallest absolute Gasteiger partial charge is 0.00626 e. The Morgan fingerprint density at radius 1 is 1.00 bits per heavy atom. The number of hydrogen-bond acceptors (Lipinski definition) is 0. The Hall–Kier alpha value is 0.960. The van der Waals surface area contributed by atoms with E-state index in [2.05, 4.69) is 31.9 Å². The van der Waals surface area contributed by atoms with Gasteiger partial charge >= 0.3 is 0 Å². The zero-order chi connectivity index (χ0) is 5.98. The van der Waals surface area contributed by atoms with Gasteiger partial charge in [0.05, 0.1) is 0 Å². The van der Waals surface area contributed by atoms with E-state index in [0.717, 1.165) is 11.8 Å². The maximum Gasteiger partial charge on any atom is 0.00626 e. The molecule has 2 atom stereocenters. The maximum atomic E-state index is 3.49. The van der Waals surface area contributed by atoms with Crippen molar-refractivity contribution in [3.8, 4) is 0 Å². The fourth-order valence-electron chi connectivity index (χ4n) is 1.04. The second-order valence-corrected chi connectivity index (χ2v) is 3.70. The van der Waals surface area contributed by atoms with E-state index in [0.29, 0.717) is 0 Å². The minimum Gasteiger partial charge on any atom is -0.0925 e. The second kappa shape index (κ2) is 3.21. The van der Waals surface area contributed by atoms with Crippen molar-refractivity contribution in [2.45, 2.75) is 12.8 Å². The molecule has 0 aromatic carbocycles. The topological polar surface area (TPSA) is 0 Å². The predicted molar refractivity (Wildman–Crippen MR) is 43.8 cm³/mol. The summed E-state index contributed by atoms with van der Waals surface area (Å²) in [6.45, 7) is 0. The van der Waals surface area contributed by atoms with Crippen LogP contribution in [0.5, 0.6) is 0 Å². The lowest BCUT2D eigenvalue weighted by molar-refractivity contribution is 0.232. The molecule has 0 aromatic heterocycles. The summed E-state index contributed by atoms with van der Waals surface area (Å²) in [5.41, 5.74) is 0. The summed E-state index contributed by atoms with van der Waals surface area (Å²) in [6, 6.07) is 0. The van der Waals surface area contributed by atoms with Crippen LogP contribution in [-0.4, -0.2) is 10.7 Å². The fraction of sp³-hybridized carbons (Fsp3) is 1.00. The molecule has 0 saturated heterocycles. The van der Waals surface area contributed by atoms with E-state index >= 15 is 0 Å². The van der Waals surface area contributed by atoms with Crippen LogP contribution in [-0.2, 0) is 0 Å². The first kappa shape index (κ1) is 7.07. The van der Waals surface area contributed by atoms with Gasteiger partial charge in [0, 0.05) is 10.7 Å². The first-order valence-electron chi connectivity index (χ1n) is 3.00. The molecular weight excluding hydrogens is 232 g/mol. The van der Waals surface area contributed by atoms with Crippen molar-refractivity contribution < 1.29 is 0 Å². The van der Waals surface area contributed by atoms with Crippen LogP contribution in [0.4, 0.5) is 0 Å². The summed E-state index contributed by atoms with van der Waals surface area (Å²) < 4.78 is 0. The van der Waals surface area contributed by atoms with Gasteiger partial charge < -0.3 is 0 Å². The number of halogens is 2. The molecule has 1 aliphatic rings. The Kier molecular flexibility index (Phi) is 2.84. The van der Waals surface area contributed by atoms with Crippen molar-refractivity contribution in [1.82, 2.24) is 0 Å². The highest BCUT2D eigenvalue weighted by Crippen LogP contribution is 2.36. The van der Waals surface area contributed by atoms with Gasteiger partial charge in [-0.15, -0.1) is 0 Å². The summed E-state index contributed by atoms with van der Waals surface area (Å²) in [4.78, 5) is 0. The van der Waals surface area contributed by atoms with Crippen molar-refractivity contribution >= 4 is 31.9 Å². The van der Waals surface area contributed by atoms with Gasteiger partial charge in [-0.2, -0.15) is 0 Å². The number of hydrogen-bond donors (Lipinski definition) is 0. The van der Waals surface area contributed by atoms with Gasteiger partial charge in [0.1, 0.15) is 0 Å². The van der Waals surface area contributed by atoms with Crippen molar-refractivity contribution in [3.05, 3.63) is 0 Å². The van der Waals surface area contributed by atoms with E-state index < -0.39 is 0 Å². The molecular formula is C6H10Br2. The molecule has 0 aromatic rings. The molecule has 0 bridgehead atoms. The Morgan fingerprint density at radius 3 is 1.50 bits per heavy atom. The molecule has 0 N–H and O–H groups in total. The Labute approximate surface area is 67.3 Å². The van der Waals surface area contributed by atoms with Crippen LogP contribution in [0, 0.1) is 11.8 Å². The average molecular weight is 242 g/mol. The first-order valence-corrected chi connectivity index (χ1v) is 5.24. The molecule has 48 valence electrons. The van der Waals surface area contributed by atoms with Gasteiger partial charge in [-0.1, -0.05) is 31.9 Å². The average Bonchev–Trinajstić information content (AvgIpc) is 1.66. The molecule has 1 rings (SSSR count). The monoisotopic (exact) mass is 240 g/mol. The lowest BCUT2D eigenvalue weighted by Crippen LogP contribution is -2.27. The van der Waals surface area contributed by atoms with Crippen LogP contribution in [0.1, 0.15) is 12.8 Å². The van der Waals surface area contributed by atoms with E-state index in [1.165, 1.54) is 23.5 Å². The highest BCUT2D eigenvalue weighted by Gasteiger charge is 2.28. The Morgan fingerprint density at radius 2 is 1.38 bits per heavy atom. The molecule has 1 fully saturated rings. The molecule has 8 heavy (non-hydrogen) atoms. The van der Waals surface area contributed by atoms with Gasteiger partial charge in [0.25, 0.3) is 0 Å². The van der Waals surface area contributed by atoms with Crippen molar-refractivity contribution in [2.24, 2.45) is 11.8 Å². The van der Waals surface area contributed by atoms with E-state index in [1.807, 2.05) is 0 Å². The van der Waals surface area contributed by atoms with Crippen LogP contribution in [0.2, 0.25) is 0 Å². The van der Waals surface area contributed by atoms with Gasteiger partial charge in [0.15, 0.2) is 0 Å². The van der Waals surface area contributed by atoms with E-state index in [4.69, 9.17) is 0 Å². The zero-order valence-electron chi connectivity index (χ0n) is 4.74. The van der Waals surface area contributed by atoms with Crippen LogP contribution >= 0.6 is 31.9 Å². The molecule has 0 amide bonds. The Bertz CT molecular complexity index is 58.9. The van der Waals surface area contributed by atoms with Crippen LogP contribution in [0.15, 0.2) is 0 Å². The zero-order valence-corrected chi connectivity index (χ0v) is 7.91. The fourth-order valence-corrected chi connectivity index (χ4v) is 2.75. The van der Waals surface area contributed by atoms with Crippen LogP contribution in [0.25, 0.3) is 0 Å². The largest absolute Gasteiger partial charge is 0.0925 e. The normalized spacial score (nSPS) is 36.8. The SMILES string of the molecule is BrC[C@@H]1CC[C@@H]1CBr. The summed E-state index contributed by atoms with van der Waals surface area (Å²) >= 11 is 6.97. The van der Waals surface area contributed by atoms with Gasteiger partial charge in [-0.25, -0.2) is 0 Å². The molecule has 0 heterocycles. The van der Waals surface area contributed by atoms with Gasteiger partial charge in [-0.05, 0) is 24.7 Å². The summed E-state index contributed by atoms with van der Waals surface area (Å²) in [6.07, 6.45) is 2.86. The highest BCUT2D eigenvalue weighted by molar-refractivity contribution is 9.09. The molecule has 1 saturated carbocycles. The molecule has 0 aliphatic heterocycles. The van der Waals surface area contributed by atoms with E-state index in [-0.39, 0.29) is 0 Å². The van der Waals surface area contributed by atoms with Crippen molar-refractivity contribution in [2.75, 3.05) is 10.7 Å². The third-order valence-electron chi connectivity index (χ3n) is 1.97. The lowest BCUT2D eigenvalue weighted by atomic mass is 9.76. The summed E-state index contributed by atoms with van der Waals surface area (Å²) in [5.74, 6) is 1.93. The predicted octanol–water partition coefficient (Wildman–Crippen LogP) is 2.80. The standard InChI is InChI=1S/C6H10Br2/c7-3-5-1-2-6(5)4-8/h5-6H,1-4H2/t5-,6+. The minimum absolute atomic E-state index is 0.967. The lowest BCUT2D eigenvalue weighted by Gasteiger charge is -2.33. The molecule has 0 spiro atoms. The van der Waals surface area contributed by atoms with Gasteiger partial charge in [0.2, 0.25) is 0 Å². The van der Waals surface area contributed by atoms with Crippen LogP contribution in [0.3, 0.4) is 0 Å². The number of rotatable bonds is 2.